The molecule has 1 heterocycles. The van der Waals surface area contributed by atoms with Crippen molar-refractivity contribution >= 4 is 17.6 Å². The van der Waals surface area contributed by atoms with Gasteiger partial charge in [0, 0.05) is 37.5 Å². The molecule has 2 N–H and O–H groups in total. The fourth-order valence-electron chi connectivity index (χ4n) is 2.80. The third kappa shape index (κ3) is 5.72. The zero-order valence-corrected chi connectivity index (χ0v) is 15.2. The van der Waals surface area contributed by atoms with Crippen LogP contribution >= 0.6 is 0 Å². The molecule has 2 rings (SSSR count). The molecule has 25 heavy (non-hydrogen) atoms. The van der Waals surface area contributed by atoms with Crippen molar-refractivity contribution in [2.45, 2.75) is 39.0 Å². The lowest BCUT2D eigenvalue weighted by molar-refractivity contribution is -0.0918. The second kappa shape index (κ2) is 8.82. The van der Waals surface area contributed by atoms with Crippen molar-refractivity contribution in [1.82, 2.24) is 10.2 Å². The van der Waals surface area contributed by atoms with Gasteiger partial charge in [0.05, 0.1) is 18.8 Å². The molecule has 1 aliphatic heterocycles. The topological polar surface area (TPSA) is 79.9 Å². The van der Waals surface area contributed by atoms with E-state index < -0.39 is 0 Å². The van der Waals surface area contributed by atoms with Crippen molar-refractivity contribution < 1.29 is 19.1 Å². The second-order valence-corrected chi connectivity index (χ2v) is 6.56. The molecule has 0 saturated carbocycles. The van der Waals surface area contributed by atoms with E-state index in [4.69, 9.17) is 9.47 Å². The molecule has 0 aliphatic carbocycles. The highest BCUT2D eigenvalue weighted by molar-refractivity contribution is 5.95. The van der Waals surface area contributed by atoms with Gasteiger partial charge in [-0.2, -0.15) is 0 Å². The van der Waals surface area contributed by atoms with Gasteiger partial charge in [0.25, 0.3) is 5.91 Å². The highest BCUT2D eigenvalue weighted by Crippen LogP contribution is 2.16. The number of nitrogens with one attached hydrogen (secondary N) is 2. The Hall–Kier alpha value is -2.12. The Morgan fingerprint density at radius 3 is 2.56 bits per heavy atom. The zero-order chi connectivity index (χ0) is 18.4. The summed E-state index contributed by atoms with van der Waals surface area (Å²) in [5.41, 5.74) is 1.22. The van der Waals surface area contributed by atoms with Crippen LogP contribution in [0, 0.1) is 0 Å². The predicted octanol–water partition coefficient (Wildman–Crippen LogP) is 2.09. The molecule has 1 fully saturated rings. The van der Waals surface area contributed by atoms with Crippen molar-refractivity contribution in [1.29, 1.82) is 0 Å². The maximum atomic E-state index is 12.7. The standard InChI is InChI=1S/C18H27N3O4/c1-12(2)19-18(23)20-15-7-5-14(6-8-15)17(22)21-9-13(3)25-16(10-21)11-24-4/h5-8,12-13,16H,9-11H2,1-4H3,(H2,19,20,23)/t13-,16+/m0/s1. The molecule has 2 atom stereocenters. The summed E-state index contributed by atoms with van der Waals surface area (Å²) in [5.74, 6) is -0.0468. The summed E-state index contributed by atoms with van der Waals surface area (Å²) >= 11 is 0. The molecule has 1 aliphatic rings. The number of nitrogens with zero attached hydrogens (tertiary/aromatic N) is 1. The van der Waals surface area contributed by atoms with Crippen LogP contribution in [0.3, 0.4) is 0 Å². The number of methoxy groups -OCH3 is 1. The van der Waals surface area contributed by atoms with Crippen LogP contribution < -0.4 is 10.6 Å². The fourth-order valence-corrected chi connectivity index (χ4v) is 2.80. The Morgan fingerprint density at radius 1 is 1.28 bits per heavy atom. The third-order valence-electron chi connectivity index (χ3n) is 3.78. The summed E-state index contributed by atoms with van der Waals surface area (Å²) in [7, 11) is 1.62. The summed E-state index contributed by atoms with van der Waals surface area (Å²) in [6.07, 6.45) is -0.142. The Morgan fingerprint density at radius 2 is 1.96 bits per heavy atom. The number of hydrogen-bond acceptors (Lipinski definition) is 4. The normalized spacial score (nSPS) is 20.4. The van der Waals surface area contributed by atoms with Crippen LogP contribution in [0.25, 0.3) is 0 Å². The van der Waals surface area contributed by atoms with Gasteiger partial charge < -0.3 is 25.0 Å². The van der Waals surface area contributed by atoms with E-state index in [0.717, 1.165) is 0 Å². The van der Waals surface area contributed by atoms with Gasteiger partial charge in [-0.05, 0) is 45.0 Å². The number of anilines is 1. The van der Waals surface area contributed by atoms with Crippen molar-refractivity contribution in [2.75, 3.05) is 32.1 Å². The number of ether oxygens (including phenoxy) is 2. The highest BCUT2D eigenvalue weighted by Gasteiger charge is 2.28. The molecule has 138 valence electrons. The number of amides is 3. The maximum Gasteiger partial charge on any atom is 0.319 e. The highest BCUT2D eigenvalue weighted by atomic mass is 16.5. The predicted molar refractivity (Wildman–Crippen MR) is 95.8 cm³/mol. The second-order valence-electron chi connectivity index (χ2n) is 6.56. The largest absolute Gasteiger partial charge is 0.382 e. The Kier molecular flexibility index (Phi) is 6.78. The van der Waals surface area contributed by atoms with Crippen molar-refractivity contribution in [3.63, 3.8) is 0 Å². The molecule has 7 nitrogen and oxygen atoms in total. The molecule has 0 unspecified atom stereocenters. The minimum Gasteiger partial charge on any atom is -0.382 e. The maximum absolute atomic E-state index is 12.7. The van der Waals surface area contributed by atoms with E-state index in [9.17, 15) is 9.59 Å². The number of carbonyl (C=O) groups is 2. The first kappa shape index (κ1) is 19.2. The Balaban J connectivity index is 1.98. The van der Waals surface area contributed by atoms with Crippen LogP contribution in [0.2, 0.25) is 0 Å². The van der Waals surface area contributed by atoms with Crippen molar-refractivity contribution in [3.8, 4) is 0 Å². The molecule has 1 aromatic rings. The molecular weight excluding hydrogens is 322 g/mol. The average Bonchev–Trinajstić information content (AvgIpc) is 2.54. The number of carbonyl (C=O) groups excluding carboxylic acids is 2. The van der Waals surface area contributed by atoms with Crippen LogP contribution in [0.1, 0.15) is 31.1 Å². The molecule has 1 aromatic carbocycles. The van der Waals surface area contributed by atoms with Gasteiger partial charge in [-0.3, -0.25) is 4.79 Å². The number of hydrogen-bond donors (Lipinski definition) is 2. The zero-order valence-electron chi connectivity index (χ0n) is 15.2. The molecule has 1 saturated heterocycles. The van der Waals surface area contributed by atoms with Crippen molar-refractivity contribution in [3.05, 3.63) is 29.8 Å². The van der Waals surface area contributed by atoms with Gasteiger partial charge in [0.1, 0.15) is 0 Å². The molecule has 0 aromatic heterocycles. The minimum absolute atomic E-state index is 0.0291. The van der Waals surface area contributed by atoms with Gasteiger partial charge in [-0.1, -0.05) is 0 Å². The quantitative estimate of drug-likeness (QED) is 0.853. The van der Waals surface area contributed by atoms with Gasteiger partial charge in [-0.15, -0.1) is 0 Å². The number of morpholine rings is 1. The van der Waals surface area contributed by atoms with Gasteiger partial charge in [0.15, 0.2) is 0 Å². The Labute approximate surface area is 148 Å². The molecule has 7 heteroatoms. The number of benzene rings is 1. The van der Waals surface area contributed by atoms with E-state index in [1.807, 2.05) is 20.8 Å². The third-order valence-corrected chi connectivity index (χ3v) is 3.78. The van der Waals surface area contributed by atoms with Crippen molar-refractivity contribution in [2.24, 2.45) is 0 Å². The van der Waals surface area contributed by atoms with Crippen LogP contribution in [0.4, 0.5) is 10.5 Å². The van der Waals surface area contributed by atoms with Crippen LogP contribution in [0.15, 0.2) is 24.3 Å². The minimum atomic E-state index is -0.265. The molecule has 0 radical (unpaired) electrons. The van der Waals surface area contributed by atoms with E-state index in [0.29, 0.717) is 30.9 Å². The first-order valence-corrected chi connectivity index (χ1v) is 8.50. The monoisotopic (exact) mass is 349 g/mol. The van der Waals surface area contributed by atoms with E-state index in [-0.39, 0.29) is 30.2 Å². The first-order chi connectivity index (χ1) is 11.9. The molecule has 0 spiro atoms. The number of urea groups is 1. The lowest BCUT2D eigenvalue weighted by Gasteiger charge is -2.36. The fraction of sp³-hybridized carbons (Fsp3) is 0.556. The summed E-state index contributed by atoms with van der Waals surface area (Å²) in [6, 6.07) is 6.69. The number of rotatable bonds is 5. The van der Waals surface area contributed by atoms with E-state index in [1.54, 1.807) is 36.3 Å². The smallest absolute Gasteiger partial charge is 0.319 e. The SMILES string of the molecule is COC[C@H]1CN(C(=O)c2ccc(NC(=O)NC(C)C)cc2)C[C@H](C)O1. The van der Waals surface area contributed by atoms with Crippen LogP contribution in [0.5, 0.6) is 0 Å². The molecule has 3 amide bonds. The summed E-state index contributed by atoms with van der Waals surface area (Å²) in [6.45, 7) is 7.25. The Bertz CT molecular complexity index is 588. The van der Waals surface area contributed by atoms with Gasteiger partial charge >= 0.3 is 6.03 Å². The first-order valence-electron chi connectivity index (χ1n) is 8.50. The summed E-state index contributed by atoms with van der Waals surface area (Å²) in [5, 5.41) is 5.49. The van der Waals surface area contributed by atoms with Crippen LogP contribution in [-0.2, 0) is 9.47 Å². The lowest BCUT2D eigenvalue weighted by Crippen LogP contribution is -2.50. The molecular formula is C18H27N3O4. The van der Waals surface area contributed by atoms with Gasteiger partial charge in [-0.25, -0.2) is 4.79 Å². The van der Waals surface area contributed by atoms with E-state index in [1.165, 1.54) is 0 Å². The summed E-state index contributed by atoms with van der Waals surface area (Å²) in [4.78, 5) is 26.2. The average molecular weight is 349 g/mol. The van der Waals surface area contributed by atoms with E-state index >= 15 is 0 Å². The van der Waals surface area contributed by atoms with Gasteiger partial charge in [0.2, 0.25) is 0 Å². The lowest BCUT2D eigenvalue weighted by atomic mass is 10.1. The van der Waals surface area contributed by atoms with Crippen LogP contribution in [-0.4, -0.2) is 61.9 Å². The van der Waals surface area contributed by atoms with E-state index in [2.05, 4.69) is 10.6 Å². The molecule has 0 bridgehead atoms. The summed E-state index contributed by atoms with van der Waals surface area (Å²) < 4.78 is 10.9.